The van der Waals surface area contributed by atoms with Crippen LogP contribution in [0.2, 0.25) is 5.02 Å². The van der Waals surface area contributed by atoms with Gasteiger partial charge in [-0.2, -0.15) is 0 Å². The summed E-state index contributed by atoms with van der Waals surface area (Å²) in [7, 11) is -2.11. The van der Waals surface area contributed by atoms with Crippen LogP contribution in [0.5, 0.6) is 5.75 Å². The third-order valence-corrected chi connectivity index (χ3v) is 14.7. The molecule has 9 nitrogen and oxygen atoms in total. The molecule has 6 atom stereocenters. The van der Waals surface area contributed by atoms with E-state index in [2.05, 4.69) is 38.8 Å². The van der Waals surface area contributed by atoms with Gasteiger partial charge < -0.3 is 19.1 Å². The van der Waals surface area contributed by atoms with Crippen LogP contribution in [0.25, 0.3) is 0 Å². The van der Waals surface area contributed by atoms with Crippen molar-refractivity contribution in [1.29, 1.82) is 0 Å². The molecule has 0 aromatic heterocycles. The van der Waals surface area contributed by atoms with Crippen molar-refractivity contribution in [2.45, 2.75) is 75.1 Å². The molecule has 1 spiro atoms. The predicted octanol–water partition coefficient (Wildman–Crippen LogP) is 5.99. The van der Waals surface area contributed by atoms with Gasteiger partial charge in [-0.25, -0.2) is 13.1 Å². The summed E-state index contributed by atoms with van der Waals surface area (Å²) >= 11 is 6.48. The van der Waals surface area contributed by atoms with Gasteiger partial charge in [-0.3, -0.25) is 9.69 Å². The number of nitrogens with one attached hydrogen (secondary N) is 1. The molecule has 3 aliphatic heterocycles. The Morgan fingerprint density at radius 1 is 1.10 bits per heavy atom. The second-order valence-corrected chi connectivity index (χ2v) is 17.9. The number of carbonyl (C=O) groups excluding carboxylic acids is 1. The molecule has 2 bridgehead atoms. The third kappa shape index (κ3) is 6.95. The number of carbonyl (C=O) groups is 1. The fraction of sp³-hybridized carbons (Fsp3) is 0.615. The van der Waals surface area contributed by atoms with Crippen molar-refractivity contribution in [2.75, 3.05) is 64.6 Å². The molecule has 1 N–H and O–H groups in total. The lowest BCUT2D eigenvalue weighted by atomic mass is 9.63. The molecule has 7 rings (SSSR count). The van der Waals surface area contributed by atoms with Crippen LogP contribution in [-0.2, 0) is 31.3 Å². The van der Waals surface area contributed by atoms with Crippen LogP contribution in [-0.4, -0.2) is 89.7 Å². The number of sulfonamides is 1. The van der Waals surface area contributed by atoms with E-state index in [4.69, 9.17) is 25.8 Å². The van der Waals surface area contributed by atoms with Crippen LogP contribution < -0.4 is 14.4 Å². The summed E-state index contributed by atoms with van der Waals surface area (Å²) in [6.45, 7) is 9.86. The molecule has 3 heterocycles. The average Bonchev–Trinajstić information content (AvgIpc) is 3.25. The van der Waals surface area contributed by atoms with Gasteiger partial charge in [0.2, 0.25) is 10.0 Å². The predicted molar refractivity (Wildman–Crippen MR) is 197 cm³/mol. The fourth-order valence-corrected chi connectivity index (χ4v) is 10.6. The Morgan fingerprint density at radius 3 is 2.68 bits per heavy atom. The smallest absolute Gasteiger partial charge is 0.264 e. The lowest BCUT2D eigenvalue weighted by molar-refractivity contribution is -0.0865. The number of aryl methyl sites for hydroxylation is 1. The van der Waals surface area contributed by atoms with Gasteiger partial charge in [-0.05, 0) is 111 Å². The molecule has 2 fully saturated rings. The summed E-state index contributed by atoms with van der Waals surface area (Å²) in [5, 5.41) is -0.0255. The van der Waals surface area contributed by atoms with Crippen LogP contribution in [0.4, 0.5) is 5.69 Å². The monoisotopic (exact) mass is 725 g/mol. The van der Waals surface area contributed by atoms with Gasteiger partial charge in [0.05, 0.1) is 36.4 Å². The Kier molecular flexibility index (Phi) is 10.3. The van der Waals surface area contributed by atoms with Crippen molar-refractivity contribution in [3.8, 4) is 5.75 Å². The van der Waals surface area contributed by atoms with Crippen LogP contribution >= 0.6 is 11.6 Å². The van der Waals surface area contributed by atoms with Crippen molar-refractivity contribution in [1.82, 2.24) is 9.62 Å². The lowest BCUT2D eigenvalue weighted by Gasteiger charge is -2.51. The maximum atomic E-state index is 13.6. The van der Waals surface area contributed by atoms with Crippen molar-refractivity contribution >= 4 is 33.2 Å². The number of nitrogens with zero attached hydrogens (tertiary/aromatic N) is 2. The Morgan fingerprint density at radius 2 is 1.92 bits per heavy atom. The first-order chi connectivity index (χ1) is 24.0. The van der Waals surface area contributed by atoms with Gasteiger partial charge in [0, 0.05) is 55.8 Å². The minimum Gasteiger partial charge on any atom is -0.490 e. The first kappa shape index (κ1) is 35.8. The molecule has 1 saturated heterocycles. The highest BCUT2D eigenvalue weighted by atomic mass is 35.5. The van der Waals surface area contributed by atoms with Crippen molar-refractivity contribution in [3.05, 3.63) is 70.3 Å². The number of halogens is 1. The minimum atomic E-state index is -3.94. The highest BCUT2D eigenvalue weighted by molar-refractivity contribution is 7.90. The van der Waals surface area contributed by atoms with E-state index in [0.717, 1.165) is 95.2 Å². The molecule has 50 heavy (non-hydrogen) atoms. The van der Waals surface area contributed by atoms with Crippen molar-refractivity contribution in [3.63, 3.8) is 0 Å². The molecule has 272 valence electrons. The number of rotatable bonds is 4. The second-order valence-electron chi connectivity index (χ2n) is 15.4. The lowest BCUT2D eigenvalue weighted by Crippen LogP contribution is -2.54. The van der Waals surface area contributed by atoms with E-state index in [1.54, 1.807) is 13.0 Å². The molecule has 1 saturated carbocycles. The number of ether oxygens (including phenoxy) is 3. The Labute approximate surface area is 302 Å². The average molecular weight is 726 g/mol. The van der Waals surface area contributed by atoms with E-state index in [1.165, 1.54) is 11.1 Å². The Bertz CT molecular complexity index is 1710. The molecule has 2 aromatic carbocycles. The highest BCUT2D eigenvalue weighted by Crippen LogP contribution is 2.50. The number of benzene rings is 2. The molecule has 5 aliphatic rings. The number of methoxy groups -OCH3 is 1. The van der Waals surface area contributed by atoms with Gasteiger partial charge in [0.1, 0.15) is 5.75 Å². The van der Waals surface area contributed by atoms with Crippen LogP contribution in [0.15, 0.2) is 48.6 Å². The summed E-state index contributed by atoms with van der Waals surface area (Å²) in [6.07, 6.45) is 10.9. The molecular weight excluding hydrogens is 674 g/mol. The van der Waals surface area contributed by atoms with E-state index < -0.39 is 26.8 Å². The zero-order valence-corrected chi connectivity index (χ0v) is 31.2. The number of amides is 1. The first-order valence-electron chi connectivity index (χ1n) is 18.4. The molecule has 0 unspecified atom stereocenters. The summed E-state index contributed by atoms with van der Waals surface area (Å²) in [4.78, 5) is 18.5. The number of anilines is 1. The molecule has 11 heteroatoms. The van der Waals surface area contributed by atoms with Gasteiger partial charge >= 0.3 is 0 Å². The zero-order chi connectivity index (χ0) is 35.1. The van der Waals surface area contributed by atoms with Crippen LogP contribution in [0.3, 0.4) is 0 Å². The number of fused-ring (bicyclic) bond motifs is 4. The normalized spacial score (nSPS) is 33.6. The standard InChI is InChI=1S/C39H52ClN3O6S/c1-27-6-4-15-39(47-3,16-17-42-18-20-48-21-19-42)34-11-8-31(34)24-43-25-38(14-5-7-29-22-32(40)10-12-33(29)38)26-49-36-13-9-30(23-35(36)43)37(44)41-50(45,46)28(27)2/h4,9-10,12-13,15,22-23,27-28,31,34H,5-8,11,14,16-21,24-26H2,1-3H3,(H,41,44)/b15-4-/t27-,28+,31-,34+,38-,39-/m0/s1. The quantitative estimate of drug-likeness (QED) is 0.384. The van der Waals surface area contributed by atoms with E-state index in [0.29, 0.717) is 30.3 Å². The van der Waals surface area contributed by atoms with Crippen LogP contribution in [0, 0.1) is 17.8 Å². The van der Waals surface area contributed by atoms with E-state index >= 15 is 0 Å². The zero-order valence-electron chi connectivity index (χ0n) is 29.7. The van der Waals surface area contributed by atoms with Crippen molar-refractivity contribution < 1.29 is 27.4 Å². The molecule has 2 aromatic rings. The number of allylic oxidation sites excluding steroid dienone is 1. The second kappa shape index (κ2) is 14.4. The summed E-state index contributed by atoms with van der Waals surface area (Å²) in [5.74, 6) is 0.515. The van der Waals surface area contributed by atoms with Crippen LogP contribution in [0.1, 0.15) is 73.9 Å². The summed E-state index contributed by atoms with van der Waals surface area (Å²) in [6, 6.07) is 11.6. The maximum absolute atomic E-state index is 13.6. The fourth-order valence-electron chi connectivity index (χ4n) is 9.10. The highest BCUT2D eigenvalue weighted by Gasteiger charge is 2.49. The van der Waals surface area contributed by atoms with Gasteiger partial charge in [-0.1, -0.05) is 36.7 Å². The van der Waals surface area contributed by atoms with Crippen molar-refractivity contribution in [2.24, 2.45) is 17.8 Å². The molecular formula is C39H52ClN3O6S. The number of hydrogen-bond acceptors (Lipinski definition) is 8. The van der Waals surface area contributed by atoms with Gasteiger partial charge in [-0.15, -0.1) is 0 Å². The number of hydrogen-bond donors (Lipinski definition) is 1. The Balaban J connectivity index is 1.30. The topological polar surface area (TPSA) is 97.4 Å². The molecule has 2 aliphatic carbocycles. The summed E-state index contributed by atoms with van der Waals surface area (Å²) in [5.41, 5.74) is 2.94. The largest absolute Gasteiger partial charge is 0.490 e. The Hall–Kier alpha value is -2.63. The third-order valence-electron chi connectivity index (χ3n) is 12.5. The van der Waals surface area contributed by atoms with E-state index in [-0.39, 0.29) is 17.3 Å². The number of morpholine rings is 1. The van der Waals surface area contributed by atoms with E-state index in [9.17, 15) is 13.2 Å². The first-order valence-corrected chi connectivity index (χ1v) is 20.3. The SMILES string of the molecule is CO[C@]1(CCN2CCOCC2)/C=C\C[C@H](C)[C@@H](C)S(=O)(=O)NC(=O)c2ccc3c(c2)N(C[C@@H]2CC[C@H]21)C[C@@]1(CCCc2cc(Cl)ccc21)CO3. The van der Waals surface area contributed by atoms with Gasteiger partial charge in [0.15, 0.2) is 0 Å². The molecule has 0 radical (unpaired) electrons. The minimum absolute atomic E-state index is 0.212. The maximum Gasteiger partial charge on any atom is 0.264 e. The molecule has 1 amide bonds. The van der Waals surface area contributed by atoms with E-state index in [1.807, 2.05) is 32.2 Å². The van der Waals surface area contributed by atoms with Gasteiger partial charge in [0.25, 0.3) is 5.91 Å². The summed E-state index contributed by atoms with van der Waals surface area (Å²) < 4.78 is 48.4.